The molecule has 0 spiro atoms. The van der Waals surface area contributed by atoms with Gasteiger partial charge < -0.3 is 0 Å². The van der Waals surface area contributed by atoms with Crippen LogP contribution in [0.25, 0.3) is 0 Å². The number of hydrogen-bond donors (Lipinski definition) is 0. The minimum Gasteiger partial charge on any atom is -0.289 e. The van der Waals surface area contributed by atoms with E-state index in [1.165, 1.54) is 12.1 Å². The minimum absolute atomic E-state index is 0.0788. The molecule has 0 unspecified atom stereocenters. The lowest BCUT2D eigenvalue weighted by Gasteiger charge is -2.07. The van der Waals surface area contributed by atoms with E-state index >= 15 is 0 Å². The van der Waals surface area contributed by atoms with E-state index in [4.69, 9.17) is 0 Å². The van der Waals surface area contributed by atoms with Crippen molar-refractivity contribution < 1.29 is 13.6 Å². The summed E-state index contributed by atoms with van der Waals surface area (Å²) in [6.45, 7) is 0. The highest BCUT2D eigenvalue weighted by molar-refractivity contribution is 6.09. The molecule has 0 radical (unpaired) electrons. The maximum atomic E-state index is 13.8. The second-order valence-corrected chi connectivity index (χ2v) is 7.26. The summed E-state index contributed by atoms with van der Waals surface area (Å²) in [4.78, 5) is 12.8. The van der Waals surface area contributed by atoms with E-state index in [-0.39, 0.29) is 17.4 Å². The van der Waals surface area contributed by atoms with Crippen molar-refractivity contribution >= 4 is 5.78 Å². The van der Waals surface area contributed by atoms with Crippen molar-refractivity contribution in [1.29, 1.82) is 0 Å². The Balaban J connectivity index is 1.45. The molecule has 0 N–H and O–H groups in total. The van der Waals surface area contributed by atoms with Crippen LogP contribution in [0.1, 0.15) is 38.2 Å². The number of hydrogen-bond acceptors (Lipinski definition) is 1. The fraction of sp³-hybridized carbons (Fsp3) is 0.0741. The minimum atomic E-state index is -0.229. The number of carbonyl (C=O) groups excluding carboxylic acids is 1. The third-order valence-electron chi connectivity index (χ3n) is 5.14. The topological polar surface area (TPSA) is 17.1 Å². The molecule has 0 amide bonds. The molecule has 0 saturated carbocycles. The van der Waals surface area contributed by atoms with Crippen molar-refractivity contribution in [1.82, 2.24) is 0 Å². The van der Waals surface area contributed by atoms with Gasteiger partial charge in [-0.2, -0.15) is 0 Å². The zero-order valence-electron chi connectivity index (χ0n) is 16.3. The van der Waals surface area contributed by atoms with Crippen LogP contribution in [0.5, 0.6) is 0 Å². The molecule has 0 fully saturated rings. The van der Waals surface area contributed by atoms with Crippen molar-refractivity contribution in [2.24, 2.45) is 0 Å². The summed E-state index contributed by atoms with van der Waals surface area (Å²) in [7, 11) is 0. The molecular formula is C27H20F2O. The summed E-state index contributed by atoms with van der Waals surface area (Å²) in [5.41, 5.74) is 4.29. The Morgan fingerprint density at radius 1 is 0.533 bits per heavy atom. The molecule has 0 bridgehead atoms. The van der Waals surface area contributed by atoms with E-state index in [1.807, 2.05) is 36.4 Å². The number of benzene rings is 4. The molecular weight excluding hydrogens is 378 g/mol. The van der Waals surface area contributed by atoms with Crippen molar-refractivity contribution in [2.45, 2.75) is 12.8 Å². The second kappa shape index (κ2) is 8.83. The Morgan fingerprint density at radius 3 is 1.27 bits per heavy atom. The van der Waals surface area contributed by atoms with Gasteiger partial charge in [0.05, 0.1) is 0 Å². The number of ketones is 1. The van der Waals surface area contributed by atoms with E-state index in [1.54, 1.807) is 48.5 Å². The predicted octanol–water partition coefficient (Wildman–Crippen LogP) is 6.38. The first kappa shape index (κ1) is 19.7. The standard InChI is InChI=1S/C27H20F2O/c28-25-7-3-1-5-23(25)17-19-9-13-21(14-10-19)27(30)22-15-11-20(12-16-22)18-24-6-2-4-8-26(24)29/h1-16H,17-18H2. The smallest absolute Gasteiger partial charge is 0.193 e. The van der Waals surface area contributed by atoms with E-state index in [0.717, 1.165) is 11.1 Å². The van der Waals surface area contributed by atoms with Crippen LogP contribution in [-0.4, -0.2) is 5.78 Å². The molecule has 0 saturated heterocycles. The highest BCUT2D eigenvalue weighted by Gasteiger charge is 2.10. The Hall–Kier alpha value is -3.59. The van der Waals surface area contributed by atoms with E-state index in [0.29, 0.717) is 35.1 Å². The first-order chi connectivity index (χ1) is 14.6. The molecule has 1 nitrogen and oxygen atoms in total. The van der Waals surface area contributed by atoms with Crippen molar-refractivity contribution in [3.63, 3.8) is 0 Å². The van der Waals surface area contributed by atoms with Crippen molar-refractivity contribution in [3.8, 4) is 0 Å². The van der Waals surface area contributed by atoms with Gasteiger partial charge >= 0.3 is 0 Å². The third-order valence-corrected chi connectivity index (χ3v) is 5.14. The van der Waals surface area contributed by atoms with Crippen LogP contribution >= 0.6 is 0 Å². The van der Waals surface area contributed by atoms with E-state index in [9.17, 15) is 13.6 Å². The highest BCUT2D eigenvalue weighted by Crippen LogP contribution is 2.18. The van der Waals surface area contributed by atoms with Gasteiger partial charge in [0.2, 0.25) is 0 Å². The lowest BCUT2D eigenvalue weighted by molar-refractivity contribution is 0.103. The molecule has 30 heavy (non-hydrogen) atoms. The molecule has 0 aliphatic carbocycles. The van der Waals surface area contributed by atoms with Gasteiger partial charge in [0.1, 0.15) is 11.6 Å². The molecule has 0 heterocycles. The first-order valence-corrected chi connectivity index (χ1v) is 9.79. The van der Waals surface area contributed by atoms with Crippen molar-refractivity contribution in [2.75, 3.05) is 0 Å². The third kappa shape index (κ3) is 4.52. The lowest BCUT2D eigenvalue weighted by Crippen LogP contribution is -2.02. The molecule has 0 aromatic heterocycles. The van der Waals surface area contributed by atoms with Crippen LogP contribution in [0.2, 0.25) is 0 Å². The monoisotopic (exact) mass is 398 g/mol. The normalized spacial score (nSPS) is 10.7. The summed E-state index contributed by atoms with van der Waals surface area (Å²) < 4.78 is 27.6. The SMILES string of the molecule is O=C(c1ccc(Cc2ccccc2F)cc1)c1ccc(Cc2ccccc2F)cc1. The molecule has 0 aliphatic rings. The van der Waals surface area contributed by atoms with Gasteiger partial charge in [-0.3, -0.25) is 4.79 Å². The summed E-state index contributed by atoms with van der Waals surface area (Å²) in [5, 5.41) is 0. The van der Waals surface area contributed by atoms with Crippen LogP contribution < -0.4 is 0 Å². The van der Waals surface area contributed by atoms with Crippen LogP contribution in [-0.2, 0) is 12.8 Å². The second-order valence-electron chi connectivity index (χ2n) is 7.26. The Bertz CT molecular complexity index is 1070. The largest absolute Gasteiger partial charge is 0.289 e. The molecule has 4 aromatic carbocycles. The number of carbonyl (C=O) groups is 1. The maximum Gasteiger partial charge on any atom is 0.193 e. The Morgan fingerprint density at radius 2 is 0.900 bits per heavy atom. The number of rotatable bonds is 6. The lowest BCUT2D eigenvalue weighted by atomic mass is 9.97. The van der Waals surface area contributed by atoms with E-state index in [2.05, 4.69) is 0 Å². The van der Waals surface area contributed by atoms with Gasteiger partial charge in [0.25, 0.3) is 0 Å². The zero-order chi connectivity index (χ0) is 20.9. The molecule has 4 rings (SSSR count). The van der Waals surface area contributed by atoms with Gasteiger partial charge in [-0.25, -0.2) is 8.78 Å². The fourth-order valence-electron chi connectivity index (χ4n) is 3.44. The molecule has 0 aliphatic heterocycles. The average molecular weight is 398 g/mol. The van der Waals surface area contributed by atoms with Gasteiger partial charge in [0.15, 0.2) is 5.78 Å². The van der Waals surface area contributed by atoms with Crippen LogP contribution in [0.3, 0.4) is 0 Å². The summed E-state index contributed by atoms with van der Waals surface area (Å²) >= 11 is 0. The molecule has 3 heteroatoms. The first-order valence-electron chi connectivity index (χ1n) is 9.79. The van der Waals surface area contributed by atoms with Crippen LogP contribution in [0, 0.1) is 11.6 Å². The van der Waals surface area contributed by atoms with Crippen molar-refractivity contribution in [3.05, 3.63) is 142 Å². The van der Waals surface area contributed by atoms with Crippen LogP contribution in [0.15, 0.2) is 97.1 Å². The summed E-state index contributed by atoms with van der Waals surface area (Å²) in [5.74, 6) is -0.536. The maximum absolute atomic E-state index is 13.8. The zero-order valence-corrected chi connectivity index (χ0v) is 16.3. The van der Waals surface area contributed by atoms with Gasteiger partial charge in [0, 0.05) is 24.0 Å². The predicted molar refractivity (Wildman–Crippen MR) is 115 cm³/mol. The number of halogens is 2. The molecule has 148 valence electrons. The van der Waals surface area contributed by atoms with Gasteiger partial charge in [-0.1, -0.05) is 84.9 Å². The van der Waals surface area contributed by atoms with Crippen LogP contribution in [0.4, 0.5) is 8.78 Å². The van der Waals surface area contributed by atoms with E-state index < -0.39 is 0 Å². The highest BCUT2D eigenvalue weighted by atomic mass is 19.1. The summed E-state index contributed by atoms with van der Waals surface area (Å²) in [6, 6.07) is 27.9. The van der Waals surface area contributed by atoms with Gasteiger partial charge in [-0.15, -0.1) is 0 Å². The Kier molecular flexibility index (Phi) is 5.80. The molecule has 4 aromatic rings. The summed E-state index contributed by atoms with van der Waals surface area (Å²) in [6.07, 6.45) is 0.956. The average Bonchev–Trinajstić information content (AvgIpc) is 2.77. The Labute approximate surface area is 174 Å². The quantitative estimate of drug-likeness (QED) is 0.345. The van der Waals surface area contributed by atoms with Gasteiger partial charge in [-0.05, 0) is 34.4 Å². The molecule has 0 atom stereocenters. The fourth-order valence-corrected chi connectivity index (χ4v) is 3.44.